The highest BCUT2D eigenvalue weighted by Crippen LogP contribution is 2.42. The molecular weight excluding hydrogens is 446 g/mol. The van der Waals surface area contributed by atoms with Crippen molar-refractivity contribution in [3.8, 4) is 0 Å². The second kappa shape index (κ2) is 8.42. The number of alkyl halides is 2. The first kappa shape index (κ1) is 22.7. The SMILES string of the molecule is C[C@@H]1Cc2c([nH]c3ccccc23)[C@@H](c2ccc3nc(CN4CC(CF)C4)oc3c2)N1CC(C)(C)F. The van der Waals surface area contributed by atoms with Gasteiger partial charge in [0, 0.05) is 48.2 Å². The predicted octanol–water partition coefficient (Wildman–Crippen LogP) is 5.79. The van der Waals surface area contributed by atoms with Crippen molar-refractivity contribution in [3.63, 3.8) is 0 Å². The summed E-state index contributed by atoms with van der Waals surface area (Å²) >= 11 is 0. The van der Waals surface area contributed by atoms with Crippen molar-refractivity contribution in [2.75, 3.05) is 26.3 Å². The minimum atomic E-state index is -1.33. The fraction of sp³-hybridized carbons (Fsp3) is 0.464. The van der Waals surface area contributed by atoms with Gasteiger partial charge in [0.15, 0.2) is 5.58 Å². The summed E-state index contributed by atoms with van der Waals surface area (Å²) < 4.78 is 33.9. The number of para-hydroxylation sites is 1. The summed E-state index contributed by atoms with van der Waals surface area (Å²) in [7, 11) is 0. The minimum absolute atomic E-state index is 0.116. The maximum Gasteiger partial charge on any atom is 0.209 e. The molecular formula is C28H32F2N4O. The number of aromatic nitrogens is 2. The van der Waals surface area contributed by atoms with Gasteiger partial charge in [-0.1, -0.05) is 24.3 Å². The number of aromatic amines is 1. The van der Waals surface area contributed by atoms with Gasteiger partial charge in [0.25, 0.3) is 0 Å². The summed E-state index contributed by atoms with van der Waals surface area (Å²) in [4.78, 5) is 12.7. The van der Waals surface area contributed by atoms with Gasteiger partial charge in [-0.05, 0) is 56.5 Å². The molecule has 35 heavy (non-hydrogen) atoms. The van der Waals surface area contributed by atoms with E-state index in [-0.39, 0.29) is 24.7 Å². The molecule has 2 aromatic carbocycles. The highest BCUT2D eigenvalue weighted by molar-refractivity contribution is 5.85. The Hall–Kier alpha value is -2.77. The lowest BCUT2D eigenvalue weighted by atomic mass is 9.87. The summed E-state index contributed by atoms with van der Waals surface area (Å²) in [5.41, 5.74) is 4.83. The number of nitrogens with one attached hydrogen (secondary N) is 1. The Bertz CT molecular complexity index is 1360. The molecule has 1 N–H and O–H groups in total. The molecule has 5 nitrogen and oxygen atoms in total. The standard InChI is InChI=1S/C28H32F2N4O/c1-17-10-21-20-6-4-5-7-22(20)32-26(21)27(34(17)16-28(2,3)30)19-8-9-23-24(11-19)35-25(31-23)15-33-13-18(12-29)14-33/h4-9,11,17-18,27,32H,10,12-16H2,1-3H3/t17-,27-/m1/s1. The number of rotatable bonds is 6. The number of nitrogens with zero attached hydrogens (tertiary/aromatic N) is 3. The number of oxazole rings is 1. The molecule has 0 aliphatic carbocycles. The topological polar surface area (TPSA) is 48.3 Å². The summed E-state index contributed by atoms with van der Waals surface area (Å²) in [5.74, 6) is 0.787. The number of hydrogen-bond acceptors (Lipinski definition) is 4. The van der Waals surface area contributed by atoms with E-state index in [1.165, 1.54) is 10.9 Å². The van der Waals surface area contributed by atoms with Crippen LogP contribution in [0.4, 0.5) is 8.78 Å². The van der Waals surface area contributed by atoms with Gasteiger partial charge in [0.1, 0.15) is 11.2 Å². The van der Waals surface area contributed by atoms with Gasteiger partial charge in [0.2, 0.25) is 5.89 Å². The van der Waals surface area contributed by atoms with E-state index in [1.807, 2.05) is 12.1 Å². The van der Waals surface area contributed by atoms with Crippen LogP contribution in [-0.2, 0) is 13.0 Å². The zero-order chi connectivity index (χ0) is 24.3. The number of H-pyrrole nitrogens is 1. The van der Waals surface area contributed by atoms with Crippen LogP contribution in [0.15, 0.2) is 46.9 Å². The largest absolute Gasteiger partial charge is 0.439 e. The van der Waals surface area contributed by atoms with Crippen molar-refractivity contribution in [1.29, 1.82) is 0 Å². The quantitative estimate of drug-likeness (QED) is 0.381. The van der Waals surface area contributed by atoms with E-state index < -0.39 is 5.67 Å². The fourth-order valence-electron chi connectivity index (χ4n) is 5.87. The highest BCUT2D eigenvalue weighted by atomic mass is 19.1. The zero-order valence-corrected chi connectivity index (χ0v) is 20.5. The van der Waals surface area contributed by atoms with E-state index in [2.05, 4.69) is 57.0 Å². The van der Waals surface area contributed by atoms with Crippen LogP contribution in [0.5, 0.6) is 0 Å². The monoisotopic (exact) mass is 478 g/mol. The number of fused-ring (bicyclic) bond motifs is 4. The van der Waals surface area contributed by atoms with E-state index in [4.69, 9.17) is 4.42 Å². The lowest BCUT2D eigenvalue weighted by molar-refractivity contribution is 0.0659. The van der Waals surface area contributed by atoms with E-state index in [1.54, 1.807) is 13.8 Å². The Morgan fingerprint density at radius 1 is 1.17 bits per heavy atom. The number of likely N-dealkylation sites (tertiary alicyclic amines) is 1. The van der Waals surface area contributed by atoms with Gasteiger partial charge in [0.05, 0.1) is 19.3 Å². The van der Waals surface area contributed by atoms with Crippen LogP contribution in [0.25, 0.3) is 22.0 Å². The first-order valence-corrected chi connectivity index (χ1v) is 12.5. The molecule has 0 spiro atoms. The van der Waals surface area contributed by atoms with Gasteiger partial charge in [-0.3, -0.25) is 14.2 Å². The number of benzene rings is 2. The summed E-state index contributed by atoms with van der Waals surface area (Å²) in [6.45, 7) is 7.63. The first-order valence-electron chi connectivity index (χ1n) is 12.5. The van der Waals surface area contributed by atoms with Gasteiger partial charge >= 0.3 is 0 Å². The van der Waals surface area contributed by atoms with Crippen LogP contribution in [0.3, 0.4) is 0 Å². The minimum Gasteiger partial charge on any atom is -0.439 e. The number of halogens is 2. The van der Waals surface area contributed by atoms with Crippen LogP contribution in [0.1, 0.15) is 49.5 Å². The third-order valence-corrected chi connectivity index (χ3v) is 7.46. The molecule has 2 aliphatic rings. The van der Waals surface area contributed by atoms with Crippen molar-refractivity contribution in [2.24, 2.45) is 5.92 Å². The maximum atomic E-state index is 15.0. The molecule has 2 aliphatic heterocycles. The molecule has 1 fully saturated rings. The third-order valence-electron chi connectivity index (χ3n) is 7.46. The molecule has 0 radical (unpaired) electrons. The summed E-state index contributed by atoms with van der Waals surface area (Å²) in [6, 6.07) is 14.6. The van der Waals surface area contributed by atoms with E-state index >= 15 is 0 Å². The molecule has 0 unspecified atom stereocenters. The fourth-order valence-corrected chi connectivity index (χ4v) is 5.87. The van der Waals surface area contributed by atoms with Crippen LogP contribution >= 0.6 is 0 Å². The average Bonchev–Trinajstić information content (AvgIpc) is 3.35. The number of hydrogen-bond donors (Lipinski definition) is 1. The van der Waals surface area contributed by atoms with Crippen molar-refractivity contribution < 1.29 is 13.2 Å². The second-order valence-electron chi connectivity index (χ2n) is 11.0. The van der Waals surface area contributed by atoms with Crippen LogP contribution in [0, 0.1) is 5.92 Å². The van der Waals surface area contributed by atoms with Gasteiger partial charge in [-0.25, -0.2) is 9.37 Å². The van der Waals surface area contributed by atoms with Crippen LogP contribution in [0.2, 0.25) is 0 Å². The summed E-state index contributed by atoms with van der Waals surface area (Å²) in [5, 5.41) is 1.24. The molecule has 1 saturated heterocycles. The molecule has 0 amide bonds. The Kier molecular flexibility index (Phi) is 5.45. The Morgan fingerprint density at radius 2 is 1.97 bits per heavy atom. The van der Waals surface area contributed by atoms with Gasteiger partial charge in [-0.15, -0.1) is 0 Å². The highest BCUT2D eigenvalue weighted by Gasteiger charge is 2.38. The van der Waals surface area contributed by atoms with Crippen LogP contribution in [-0.4, -0.2) is 57.8 Å². The zero-order valence-electron chi connectivity index (χ0n) is 20.5. The molecule has 2 aromatic heterocycles. The Labute approximate surface area is 204 Å². The molecule has 4 aromatic rings. The Balaban J connectivity index is 1.39. The summed E-state index contributed by atoms with van der Waals surface area (Å²) in [6.07, 6.45) is 0.871. The molecule has 184 valence electrons. The van der Waals surface area contributed by atoms with E-state index in [9.17, 15) is 8.78 Å². The molecule has 0 bridgehead atoms. The van der Waals surface area contributed by atoms with Crippen LogP contribution < -0.4 is 0 Å². The first-order chi connectivity index (χ1) is 16.8. The molecule has 0 saturated carbocycles. The maximum absolute atomic E-state index is 15.0. The second-order valence-corrected chi connectivity index (χ2v) is 11.0. The van der Waals surface area contributed by atoms with Crippen molar-refractivity contribution >= 4 is 22.0 Å². The van der Waals surface area contributed by atoms with E-state index in [0.29, 0.717) is 19.0 Å². The lowest BCUT2D eigenvalue weighted by Crippen LogP contribution is -2.47. The van der Waals surface area contributed by atoms with Crippen molar-refractivity contribution in [1.82, 2.24) is 19.8 Å². The smallest absolute Gasteiger partial charge is 0.209 e. The normalized spacial score (nSPS) is 22.1. The van der Waals surface area contributed by atoms with Crippen molar-refractivity contribution in [3.05, 3.63) is 65.2 Å². The Morgan fingerprint density at radius 3 is 2.74 bits per heavy atom. The van der Waals surface area contributed by atoms with Crippen molar-refractivity contribution in [2.45, 2.75) is 51.5 Å². The lowest BCUT2D eigenvalue weighted by Gasteiger charge is -2.42. The van der Waals surface area contributed by atoms with Gasteiger partial charge in [-0.2, -0.15) is 0 Å². The molecule has 4 heterocycles. The average molecular weight is 479 g/mol. The molecule has 2 atom stereocenters. The third kappa shape index (κ3) is 4.15. The molecule has 7 heteroatoms. The predicted molar refractivity (Wildman–Crippen MR) is 134 cm³/mol. The van der Waals surface area contributed by atoms with Gasteiger partial charge < -0.3 is 9.40 Å². The van der Waals surface area contributed by atoms with E-state index in [0.717, 1.165) is 47.4 Å². The molecule has 6 rings (SSSR count).